The Labute approximate surface area is 183 Å². The van der Waals surface area contributed by atoms with Crippen LogP contribution < -0.4 is 15.0 Å². The number of fused-ring (bicyclic) bond motifs is 1. The predicted molar refractivity (Wildman–Crippen MR) is 121 cm³/mol. The number of nitrogens with zero attached hydrogens (tertiary/aromatic N) is 3. The highest BCUT2D eigenvalue weighted by Gasteiger charge is 2.12. The quantitative estimate of drug-likeness (QED) is 0.452. The van der Waals surface area contributed by atoms with E-state index in [0.717, 1.165) is 5.56 Å². The smallest absolute Gasteiger partial charge is 0.341 e. The van der Waals surface area contributed by atoms with Gasteiger partial charge < -0.3 is 14.6 Å². The Hall–Kier alpha value is -4.46. The first-order valence-electron chi connectivity index (χ1n) is 9.71. The van der Waals surface area contributed by atoms with Crippen molar-refractivity contribution in [1.29, 1.82) is 0 Å². The van der Waals surface area contributed by atoms with Gasteiger partial charge in [0, 0.05) is 5.56 Å². The zero-order valence-electron chi connectivity index (χ0n) is 17.1. The van der Waals surface area contributed by atoms with E-state index < -0.39 is 12.6 Å². The number of carbonyl (C=O) groups is 1. The van der Waals surface area contributed by atoms with Gasteiger partial charge in [-0.05, 0) is 35.9 Å². The van der Waals surface area contributed by atoms with Crippen LogP contribution in [0, 0.1) is 0 Å². The molecule has 0 unspecified atom stereocenters. The third kappa shape index (κ3) is 4.34. The second kappa shape index (κ2) is 9.13. The van der Waals surface area contributed by atoms with E-state index in [1.807, 2.05) is 36.4 Å². The number of hydrogen-bond acceptors (Lipinski definition) is 6. The fourth-order valence-electron chi connectivity index (χ4n) is 3.15. The normalized spacial score (nSPS) is 11.0. The maximum absolute atomic E-state index is 13.2. The van der Waals surface area contributed by atoms with Gasteiger partial charge in [0.25, 0.3) is 5.56 Å². The third-order valence-corrected chi connectivity index (χ3v) is 4.65. The van der Waals surface area contributed by atoms with E-state index in [1.54, 1.807) is 36.4 Å². The summed E-state index contributed by atoms with van der Waals surface area (Å²) < 4.78 is 11.8. The summed E-state index contributed by atoms with van der Waals surface area (Å²) in [7, 11) is 1.45. The second-order valence-corrected chi connectivity index (χ2v) is 6.77. The lowest BCUT2D eigenvalue weighted by atomic mass is 10.2. The van der Waals surface area contributed by atoms with Gasteiger partial charge in [0.1, 0.15) is 0 Å². The third-order valence-electron chi connectivity index (χ3n) is 4.65. The Kier molecular flexibility index (Phi) is 5.94. The number of carboxylic acids is 1. The molecule has 4 aromatic rings. The molecule has 0 fully saturated rings. The first-order valence-corrected chi connectivity index (χ1v) is 9.71. The second-order valence-electron chi connectivity index (χ2n) is 6.77. The van der Waals surface area contributed by atoms with Gasteiger partial charge in [-0.25, -0.2) is 9.78 Å². The Morgan fingerprint density at radius 2 is 1.81 bits per heavy atom. The van der Waals surface area contributed by atoms with Crippen LogP contribution in [0.5, 0.6) is 11.5 Å². The van der Waals surface area contributed by atoms with Crippen LogP contribution in [0.2, 0.25) is 0 Å². The van der Waals surface area contributed by atoms with Crippen LogP contribution in [-0.2, 0) is 4.79 Å². The molecule has 0 radical (unpaired) electrons. The molecule has 1 heterocycles. The number of ether oxygens (including phenoxy) is 2. The number of aromatic nitrogens is 2. The van der Waals surface area contributed by atoms with Gasteiger partial charge in [-0.15, -0.1) is 0 Å². The fourth-order valence-corrected chi connectivity index (χ4v) is 3.15. The topological polar surface area (TPSA) is 103 Å². The highest BCUT2D eigenvalue weighted by molar-refractivity contribution is 5.82. The molecule has 0 aliphatic carbocycles. The standard InChI is InChI=1S/C24H19N3O5/c1-31-21-13-16(11-12-20(21)32-15-22(28)29)14-25-27-23(17-7-3-2-4-8-17)26-19-10-6-5-9-18(19)24(27)30/h2-14H,15H2,1H3,(H,28,29). The highest BCUT2D eigenvalue weighted by atomic mass is 16.5. The van der Waals surface area contributed by atoms with Gasteiger partial charge in [-0.2, -0.15) is 9.78 Å². The van der Waals surface area contributed by atoms with E-state index in [0.29, 0.717) is 33.8 Å². The Balaban J connectivity index is 1.78. The lowest BCUT2D eigenvalue weighted by Gasteiger charge is -2.10. The van der Waals surface area contributed by atoms with Crippen molar-refractivity contribution in [3.05, 3.63) is 88.7 Å². The Morgan fingerprint density at radius 1 is 1.06 bits per heavy atom. The van der Waals surface area contributed by atoms with Crippen LogP contribution in [0.25, 0.3) is 22.3 Å². The zero-order valence-corrected chi connectivity index (χ0v) is 17.1. The van der Waals surface area contributed by atoms with Crippen LogP contribution in [-0.4, -0.2) is 40.7 Å². The van der Waals surface area contributed by atoms with Gasteiger partial charge in [0.15, 0.2) is 23.9 Å². The van der Waals surface area contributed by atoms with Crippen molar-refractivity contribution in [1.82, 2.24) is 9.66 Å². The lowest BCUT2D eigenvalue weighted by Crippen LogP contribution is -2.20. The van der Waals surface area contributed by atoms with Crippen molar-refractivity contribution in [2.24, 2.45) is 5.10 Å². The molecular formula is C24H19N3O5. The molecule has 0 spiro atoms. The van der Waals surface area contributed by atoms with Crippen molar-refractivity contribution >= 4 is 23.1 Å². The van der Waals surface area contributed by atoms with Gasteiger partial charge in [0.05, 0.1) is 24.2 Å². The molecule has 0 bridgehead atoms. The van der Waals surface area contributed by atoms with Crippen LogP contribution in [0.15, 0.2) is 82.7 Å². The molecule has 1 N–H and O–H groups in total. The van der Waals surface area contributed by atoms with Crippen molar-refractivity contribution in [2.75, 3.05) is 13.7 Å². The number of rotatable bonds is 7. The zero-order chi connectivity index (χ0) is 22.5. The number of methoxy groups -OCH3 is 1. The Bertz CT molecular complexity index is 1360. The van der Waals surface area contributed by atoms with Gasteiger partial charge in [-0.3, -0.25) is 4.79 Å². The maximum atomic E-state index is 13.2. The highest BCUT2D eigenvalue weighted by Crippen LogP contribution is 2.27. The molecule has 0 aliphatic rings. The van der Waals surface area contributed by atoms with E-state index in [1.165, 1.54) is 18.0 Å². The van der Waals surface area contributed by atoms with E-state index in [4.69, 9.17) is 14.6 Å². The molecule has 0 amide bonds. The monoisotopic (exact) mass is 429 g/mol. The molecule has 8 nitrogen and oxygen atoms in total. The average Bonchev–Trinajstić information content (AvgIpc) is 2.82. The predicted octanol–water partition coefficient (Wildman–Crippen LogP) is 3.42. The first kappa shape index (κ1) is 20.8. The lowest BCUT2D eigenvalue weighted by molar-refractivity contribution is -0.139. The Morgan fingerprint density at radius 3 is 2.56 bits per heavy atom. The van der Waals surface area contributed by atoms with E-state index >= 15 is 0 Å². The van der Waals surface area contributed by atoms with E-state index in [2.05, 4.69) is 10.1 Å². The molecular weight excluding hydrogens is 410 g/mol. The van der Waals surface area contributed by atoms with Crippen molar-refractivity contribution < 1.29 is 19.4 Å². The minimum Gasteiger partial charge on any atom is -0.493 e. The number of para-hydroxylation sites is 1. The van der Waals surface area contributed by atoms with Crippen LogP contribution in [0.4, 0.5) is 0 Å². The minimum absolute atomic E-state index is 0.293. The van der Waals surface area contributed by atoms with Crippen LogP contribution in [0.3, 0.4) is 0 Å². The molecule has 0 saturated carbocycles. The molecule has 0 saturated heterocycles. The number of benzene rings is 3. The van der Waals surface area contributed by atoms with Crippen molar-refractivity contribution in [2.45, 2.75) is 0 Å². The van der Waals surface area contributed by atoms with Crippen LogP contribution >= 0.6 is 0 Å². The SMILES string of the molecule is COc1cc(C=Nn2c(-c3ccccc3)nc3ccccc3c2=O)ccc1OCC(=O)O. The fraction of sp³-hybridized carbons (Fsp3) is 0.0833. The van der Waals surface area contributed by atoms with Crippen molar-refractivity contribution in [3.63, 3.8) is 0 Å². The van der Waals surface area contributed by atoms with E-state index in [-0.39, 0.29) is 5.56 Å². The summed E-state index contributed by atoms with van der Waals surface area (Å²) in [6.45, 7) is -0.484. The molecule has 0 aliphatic heterocycles. The van der Waals surface area contributed by atoms with Gasteiger partial charge >= 0.3 is 5.97 Å². The average molecular weight is 429 g/mol. The summed E-state index contributed by atoms with van der Waals surface area (Å²) in [5.41, 5.74) is 1.68. The van der Waals surface area contributed by atoms with Crippen molar-refractivity contribution in [3.8, 4) is 22.9 Å². The largest absolute Gasteiger partial charge is 0.493 e. The molecule has 0 atom stereocenters. The van der Waals surface area contributed by atoms with Crippen LogP contribution in [0.1, 0.15) is 5.56 Å². The summed E-state index contributed by atoms with van der Waals surface area (Å²) >= 11 is 0. The van der Waals surface area contributed by atoms with E-state index in [9.17, 15) is 9.59 Å². The van der Waals surface area contributed by atoms with Gasteiger partial charge in [-0.1, -0.05) is 42.5 Å². The summed E-state index contributed by atoms with van der Waals surface area (Å²) in [5, 5.41) is 13.7. The molecule has 3 aromatic carbocycles. The summed E-state index contributed by atoms with van der Waals surface area (Å²) in [5.74, 6) is -0.0303. The minimum atomic E-state index is -1.09. The molecule has 32 heavy (non-hydrogen) atoms. The van der Waals surface area contributed by atoms with Gasteiger partial charge in [0.2, 0.25) is 0 Å². The first-order chi connectivity index (χ1) is 15.6. The molecule has 1 aromatic heterocycles. The summed E-state index contributed by atoms with van der Waals surface area (Å²) in [6.07, 6.45) is 1.51. The number of aliphatic carboxylic acids is 1. The molecule has 4 rings (SSSR count). The number of hydrogen-bond donors (Lipinski definition) is 1. The molecule has 8 heteroatoms. The molecule has 160 valence electrons. The maximum Gasteiger partial charge on any atom is 0.341 e. The summed E-state index contributed by atoms with van der Waals surface area (Å²) in [6, 6.07) is 21.4. The summed E-state index contributed by atoms with van der Waals surface area (Å²) in [4.78, 5) is 28.6. The number of carboxylic acid groups (broad SMARTS) is 1.